The van der Waals surface area contributed by atoms with Crippen molar-refractivity contribution in [2.75, 3.05) is 17.6 Å². The van der Waals surface area contributed by atoms with Crippen LogP contribution >= 0.6 is 11.8 Å². The molecule has 0 unspecified atom stereocenters. The maximum Gasteiger partial charge on any atom is 0.441 e. The molecule has 0 aliphatic heterocycles. The average molecular weight is 302 g/mol. The zero-order valence-electron chi connectivity index (χ0n) is 9.13. The lowest BCUT2D eigenvalue weighted by Gasteiger charge is -2.09. The van der Waals surface area contributed by atoms with Crippen molar-refractivity contribution in [2.24, 2.45) is 0 Å². The van der Waals surface area contributed by atoms with Gasteiger partial charge in [-0.2, -0.15) is 17.6 Å². The molecule has 1 aromatic carbocycles. The molecule has 1 N–H and O–H groups in total. The SMILES string of the molecule is O=[N+]([O-])c1c(F)cc(F)cc1NCCSC(F)(F)F. The van der Waals surface area contributed by atoms with Crippen LogP contribution in [-0.2, 0) is 0 Å². The van der Waals surface area contributed by atoms with Crippen molar-refractivity contribution >= 4 is 23.1 Å². The minimum Gasteiger partial charge on any atom is -0.378 e. The summed E-state index contributed by atoms with van der Waals surface area (Å²) in [6.07, 6.45) is 0. The second kappa shape index (κ2) is 6.04. The third-order valence-corrected chi connectivity index (χ3v) is 2.63. The lowest BCUT2D eigenvalue weighted by molar-refractivity contribution is -0.386. The first-order valence-electron chi connectivity index (χ1n) is 4.78. The third-order valence-electron chi connectivity index (χ3n) is 1.89. The van der Waals surface area contributed by atoms with Crippen LogP contribution in [0.2, 0.25) is 0 Å². The van der Waals surface area contributed by atoms with Gasteiger partial charge in [0.2, 0.25) is 5.82 Å². The number of nitro groups is 1. The molecule has 0 saturated carbocycles. The van der Waals surface area contributed by atoms with Crippen molar-refractivity contribution in [1.82, 2.24) is 0 Å². The van der Waals surface area contributed by atoms with E-state index in [1.165, 1.54) is 0 Å². The molecule has 0 spiro atoms. The van der Waals surface area contributed by atoms with E-state index in [0.29, 0.717) is 12.1 Å². The van der Waals surface area contributed by atoms with Crippen LogP contribution in [0.3, 0.4) is 0 Å². The first kappa shape index (κ1) is 15.5. The summed E-state index contributed by atoms with van der Waals surface area (Å²) in [6, 6.07) is 0.979. The lowest BCUT2D eigenvalue weighted by Crippen LogP contribution is -2.11. The van der Waals surface area contributed by atoms with Crippen LogP contribution < -0.4 is 5.32 Å². The zero-order valence-corrected chi connectivity index (χ0v) is 9.95. The Labute approximate surface area is 108 Å². The number of anilines is 1. The van der Waals surface area contributed by atoms with E-state index >= 15 is 0 Å². The van der Waals surface area contributed by atoms with Gasteiger partial charge >= 0.3 is 11.2 Å². The van der Waals surface area contributed by atoms with Crippen LogP contribution in [0.25, 0.3) is 0 Å². The van der Waals surface area contributed by atoms with Gasteiger partial charge in [-0.25, -0.2) is 4.39 Å². The molecule has 0 heterocycles. The van der Waals surface area contributed by atoms with Crippen LogP contribution in [0, 0.1) is 21.7 Å². The van der Waals surface area contributed by atoms with Gasteiger partial charge in [0.1, 0.15) is 11.5 Å². The molecule has 0 radical (unpaired) electrons. The zero-order chi connectivity index (χ0) is 14.6. The molecule has 1 aromatic rings. The summed E-state index contributed by atoms with van der Waals surface area (Å²) in [4.78, 5) is 9.49. The molecule has 0 saturated heterocycles. The molecule has 0 aliphatic carbocycles. The Morgan fingerprint density at radius 1 is 1.32 bits per heavy atom. The van der Waals surface area contributed by atoms with E-state index in [0.717, 1.165) is 0 Å². The number of rotatable bonds is 5. The number of thioether (sulfide) groups is 1. The van der Waals surface area contributed by atoms with Crippen molar-refractivity contribution in [3.63, 3.8) is 0 Å². The van der Waals surface area contributed by atoms with Gasteiger partial charge in [0.25, 0.3) is 0 Å². The summed E-state index contributed by atoms with van der Waals surface area (Å²) in [5.41, 5.74) is -5.93. The van der Waals surface area contributed by atoms with E-state index in [4.69, 9.17) is 0 Å². The molecule has 4 nitrogen and oxygen atoms in total. The Kier molecular flexibility index (Phi) is 4.92. The van der Waals surface area contributed by atoms with Gasteiger partial charge in [0.05, 0.1) is 4.92 Å². The Morgan fingerprint density at radius 3 is 2.47 bits per heavy atom. The highest BCUT2D eigenvalue weighted by Crippen LogP contribution is 2.31. The second-order valence-electron chi connectivity index (χ2n) is 3.26. The van der Waals surface area contributed by atoms with Gasteiger partial charge in [0.15, 0.2) is 0 Å². The maximum atomic E-state index is 13.2. The van der Waals surface area contributed by atoms with E-state index in [2.05, 4.69) is 5.32 Å². The first-order valence-corrected chi connectivity index (χ1v) is 5.77. The van der Waals surface area contributed by atoms with Crippen molar-refractivity contribution in [1.29, 1.82) is 0 Å². The van der Waals surface area contributed by atoms with Gasteiger partial charge in [-0.3, -0.25) is 10.1 Å². The predicted molar refractivity (Wildman–Crippen MR) is 60.0 cm³/mol. The average Bonchev–Trinajstić information content (AvgIpc) is 2.21. The third kappa shape index (κ3) is 4.89. The molecule has 0 aromatic heterocycles. The van der Waals surface area contributed by atoms with Crippen molar-refractivity contribution in [3.05, 3.63) is 33.9 Å². The van der Waals surface area contributed by atoms with Crippen molar-refractivity contribution in [3.8, 4) is 0 Å². The molecule has 0 bridgehead atoms. The highest BCUT2D eigenvalue weighted by atomic mass is 32.2. The molecule has 19 heavy (non-hydrogen) atoms. The van der Waals surface area contributed by atoms with Crippen LogP contribution in [0.4, 0.5) is 33.3 Å². The minimum absolute atomic E-state index is 0.325. The molecule has 0 aliphatic rings. The molecule has 0 fully saturated rings. The highest BCUT2D eigenvalue weighted by Gasteiger charge is 2.28. The fourth-order valence-electron chi connectivity index (χ4n) is 1.24. The molecule has 10 heteroatoms. The van der Waals surface area contributed by atoms with E-state index in [-0.39, 0.29) is 18.3 Å². The summed E-state index contributed by atoms with van der Waals surface area (Å²) in [5, 5.41) is 12.8. The van der Waals surface area contributed by atoms with Gasteiger partial charge in [-0.05, 0) is 11.8 Å². The number of nitro benzene ring substituents is 1. The van der Waals surface area contributed by atoms with Crippen molar-refractivity contribution in [2.45, 2.75) is 5.51 Å². The van der Waals surface area contributed by atoms with Crippen LogP contribution in [0.1, 0.15) is 0 Å². The molecule has 0 atom stereocenters. The Bertz CT molecular complexity index is 480. The van der Waals surface area contributed by atoms with E-state index in [1.807, 2.05) is 0 Å². The highest BCUT2D eigenvalue weighted by molar-refractivity contribution is 8.00. The Hall–Kier alpha value is -1.58. The molecule has 106 valence electrons. The summed E-state index contributed by atoms with van der Waals surface area (Å²) in [5.74, 6) is -2.90. The second-order valence-corrected chi connectivity index (χ2v) is 4.42. The summed E-state index contributed by atoms with van der Waals surface area (Å²) >= 11 is -0.344. The van der Waals surface area contributed by atoms with Crippen molar-refractivity contribution < 1.29 is 26.9 Å². The molecular weight excluding hydrogens is 295 g/mol. The fraction of sp³-hybridized carbons (Fsp3) is 0.333. The van der Waals surface area contributed by atoms with E-state index in [1.54, 1.807) is 0 Å². The normalized spacial score (nSPS) is 11.4. The predicted octanol–water partition coefficient (Wildman–Crippen LogP) is 3.54. The maximum absolute atomic E-state index is 13.2. The number of benzene rings is 1. The smallest absolute Gasteiger partial charge is 0.378 e. The number of hydrogen-bond donors (Lipinski definition) is 1. The standard InChI is InChI=1S/C9H7F5N2O2S/c10-5-3-6(11)8(16(17)18)7(4-5)15-1-2-19-9(12,13)14/h3-4,15H,1-2H2. The first-order chi connectivity index (χ1) is 8.70. The fourth-order valence-corrected chi connectivity index (χ4v) is 1.67. The van der Waals surface area contributed by atoms with Gasteiger partial charge in [-0.1, -0.05) is 0 Å². The lowest BCUT2D eigenvalue weighted by atomic mass is 10.2. The van der Waals surface area contributed by atoms with Gasteiger partial charge in [-0.15, -0.1) is 0 Å². The number of hydrogen-bond acceptors (Lipinski definition) is 4. The van der Waals surface area contributed by atoms with Crippen LogP contribution in [-0.4, -0.2) is 22.7 Å². The topological polar surface area (TPSA) is 55.2 Å². The number of alkyl halides is 3. The number of halogens is 5. The van der Waals surface area contributed by atoms with Gasteiger partial charge < -0.3 is 5.32 Å². The Morgan fingerprint density at radius 2 is 1.95 bits per heavy atom. The van der Waals surface area contributed by atoms with E-state index in [9.17, 15) is 32.1 Å². The monoisotopic (exact) mass is 302 g/mol. The van der Waals surface area contributed by atoms with Crippen LogP contribution in [0.15, 0.2) is 12.1 Å². The van der Waals surface area contributed by atoms with E-state index < -0.39 is 39.2 Å². The molecule has 1 rings (SSSR count). The summed E-state index contributed by atoms with van der Waals surface area (Å²) < 4.78 is 61.5. The van der Waals surface area contributed by atoms with Crippen LogP contribution in [0.5, 0.6) is 0 Å². The molecule has 0 amide bonds. The Balaban J connectivity index is 2.75. The largest absolute Gasteiger partial charge is 0.441 e. The van der Waals surface area contributed by atoms with Gasteiger partial charge in [0, 0.05) is 24.4 Å². The summed E-state index contributed by atoms with van der Waals surface area (Å²) in [7, 11) is 0. The summed E-state index contributed by atoms with van der Waals surface area (Å²) in [6.45, 7) is -0.325. The number of nitrogens with one attached hydrogen (secondary N) is 1. The quantitative estimate of drug-likeness (QED) is 0.391. The minimum atomic E-state index is -4.43. The molecular formula is C9H7F5N2O2S. The number of nitrogens with zero attached hydrogens (tertiary/aromatic N) is 1.